The SMILES string of the molecule is C[C@H]1CCC/C(=C\c2ccc([O-])c([N+](=O)[O-])c2)C1=O. The van der Waals surface area contributed by atoms with Crippen molar-refractivity contribution in [3.63, 3.8) is 0 Å². The number of hydrogen-bond donors (Lipinski definition) is 0. The van der Waals surface area contributed by atoms with E-state index in [1.807, 2.05) is 6.92 Å². The number of benzene rings is 1. The standard InChI is InChI=1S/C14H15NO4/c1-9-3-2-4-11(14(9)17)7-10-5-6-13(16)12(8-10)15(18)19/h5-9,16H,2-4H2,1H3/p-1/b11-7+/t9-/m0/s1. The van der Waals surface area contributed by atoms with Crippen molar-refractivity contribution in [1.82, 2.24) is 0 Å². The molecule has 0 N–H and O–H groups in total. The Kier molecular flexibility index (Phi) is 3.64. The van der Waals surface area contributed by atoms with Gasteiger partial charge in [-0.3, -0.25) is 14.9 Å². The van der Waals surface area contributed by atoms with Gasteiger partial charge in [-0.2, -0.15) is 0 Å². The van der Waals surface area contributed by atoms with Crippen LogP contribution in [0.2, 0.25) is 0 Å². The summed E-state index contributed by atoms with van der Waals surface area (Å²) in [5, 5.41) is 22.0. The predicted molar refractivity (Wildman–Crippen MR) is 68.5 cm³/mol. The third kappa shape index (κ3) is 2.81. The molecule has 100 valence electrons. The largest absolute Gasteiger partial charge is 0.868 e. The molecule has 1 aliphatic rings. The number of ketones is 1. The van der Waals surface area contributed by atoms with E-state index in [1.54, 1.807) is 6.08 Å². The Bertz CT molecular complexity index is 563. The van der Waals surface area contributed by atoms with Crippen LogP contribution in [0.3, 0.4) is 0 Å². The highest BCUT2D eigenvalue weighted by Crippen LogP contribution is 2.29. The van der Waals surface area contributed by atoms with E-state index in [0.717, 1.165) is 12.8 Å². The summed E-state index contributed by atoms with van der Waals surface area (Å²) in [4.78, 5) is 22.0. The molecule has 0 saturated heterocycles. The van der Waals surface area contributed by atoms with Crippen molar-refractivity contribution in [1.29, 1.82) is 0 Å². The fourth-order valence-electron chi connectivity index (χ4n) is 2.28. The Labute approximate surface area is 110 Å². The minimum Gasteiger partial charge on any atom is -0.868 e. The highest BCUT2D eigenvalue weighted by atomic mass is 16.6. The van der Waals surface area contributed by atoms with Crippen LogP contribution in [-0.2, 0) is 4.79 Å². The zero-order chi connectivity index (χ0) is 14.0. The van der Waals surface area contributed by atoms with Gasteiger partial charge in [0.1, 0.15) is 0 Å². The molecule has 19 heavy (non-hydrogen) atoms. The molecule has 0 aliphatic heterocycles. The van der Waals surface area contributed by atoms with Crippen molar-refractivity contribution in [2.75, 3.05) is 0 Å². The quantitative estimate of drug-likeness (QED) is 0.464. The number of nitro benzene ring substituents is 1. The highest BCUT2D eigenvalue weighted by molar-refractivity contribution is 6.01. The van der Waals surface area contributed by atoms with E-state index in [4.69, 9.17) is 0 Å². The Morgan fingerprint density at radius 1 is 1.42 bits per heavy atom. The molecule has 0 amide bonds. The van der Waals surface area contributed by atoms with Gasteiger partial charge in [0.15, 0.2) is 5.78 Å². The smallest absolute Gasteiger partial charge is 0.262 e. The van der Waals surface area contributed by atoms with Gasteiger partial charge in [-0.05, 0) is 42.2 Å². The topological polar surface area (TPSA) is 83.3 Å². The first-order chi connectivity index (χ1) is 8.99. The van der Waals surface area contributed by atoms with Gasteiger partial charge in [0.05, 0.1) is 4.92 Å². The second kappa shape index (κ2) is 5.22. The van der Waals surface area contributed by atoms with Gasteiger partial charge in [0, 0.05) is 12.0 Å². The molecule has 0 unspecified atom stereocenters. The Balaban J connectivity index is 2.35. The van der Waals surface area contributed by atoms with E-state index in [2.05, 4.69) is 0 Å². The molecular formula is C14H14NO4-. The van der Waals surface area contributed by atoms with Crippen LogP contribution in [0.1, 0.15) is 31.7 Å². The van der Waals surface area contributed by atoms with Crippen molar-refractivity contribution >= 4 is 17.5 Å². The number of allylic oxidation sites excluding steroid dienone is 1. The number of nitrogens with zero attached hydrogens (tertiary/aromatic N) is 1. The zero-order valence-electron chi connectivity index (χ0n) is 10.6. The summed E-state index contributed by atoms with van der Waals surface area (Å²) >= 11 is 0. The molecule has 1 fully saturated rings. The van der Waals surface area contributed by atoms with Crippen LogP contribution in [0.25, 0.3) is 6.08 Å². The van der Waals surface area contributed by atoms with Crippen LogP contribution >= 0.6 is 0 Å². The number of carbonyl (C=O) groups excluding carboxylic acids is 1. The van der Waals surface area contributed by atoms with Crippen molar-refractivity contribution < 1.29 is 14.8 Å². The number of hydrogen-bond acceptors (Lipinski definition) is 4. The maximum Gasteiger partial charge on any atom is 0.262 e. The van der Waals surface area contributed by atoms with E-state index in [9.17, 15) is 20.0 Å². The van der Waals surface area contributed by atoms with Gasteiger partial charge in [0.25, 0.3) is 5.69 Å². The molecule has 0 radical (unpaired) electrons. The van der Waals surface area contributed by atoms with E-state index >= 15 is 0 Å². The van der Waals surface area contributed by atoms with Gasteiger partial charge < -0.3 is 5.11 Å². The first kappa shape index (κ1) is 13.3. The van der Waals surface area contributed by atoms with E-state index < -0.39 is 16.4 Å². The summed E-state index contributed by atoms with van der Waals surface area (Å²) in [5.41, 5.74) is 0.765. The molecule has 5 nitrogen and oxygen atoms in total. The van der Waals surface area contributed by atoms with Crippen molar-refractivity contribution in [3.05, 3.63) is 39.4 Å². The van der Waals surface area contributed by atoms with Crippen LogP contribution in [0.5, 0.6) is 5.75 Å². The predicted octanol–water partition coefficient (Wildman–Crippen LogP) is 2.44. The average molecular weight is 260 g/mol. The van der Waals surface area contributed by atoms with Crippen LogP contribution in [0.15, 0.2) is 23.8 Å². The Morgan fingerprint density at radius 2 is 2.16 bits per heavy atom. The summed E-state index contributed by atoms with van der Waals surface area (Å²) in [5.74, 6) is -0.510. The summed E-state index contributed by atoms with van der Waals surface area (Å²) in [6, 6.07) is 3.90. The Hall–Kier alpha value is -2.17. The molecule has 0 aromatic heterocycles. The molecule has 1 aromatic carbocycles. The second-order valence-electron chi connectivity index (χ2n) is 4.81. The fraction of sp³-hybridized carbons (Fsp3) is 0.357. The molecule has 1 aromatic rings. The lowest BCUT2D eigenvalue weighted by molar-refractivity contribution is -0.398. The molecule has 0 heterocycles. The van der Waals surface area contributed by atoms with Gasteiger partial charge in [-0.25, -0.2) is 0 Å². The summed E-state index contributed by atoms with van der Waals surface area (Å²) in [6.45, 7) is 1.89. The molecule has 2 rings (SSSR count). The minimum atomic E-state index is -0.699. The number of rotatable bonds is 2. The summed E-state index contributed by atoms with van der Waals surface area (Å²) < 4.78 is 0. The third-order valence-corrected chi connectivity index (χ3v) is 3.37. The monoisotopic (exact) mass is 260 g/mol. The van der Waals surface area contributed by atoms with Crippen LogP contribution in [0.4, 0.5) is 5.69 Å². The van der Waals surface area contributed by atoms with Gasteiger partial charge in [0.2, 0.25) is 0 Å². The van der Waals surface area contributed by atoms with Gasteiger partial charge >= 0.3 is 0 Å². The van der Waals surface area contributed by atoms with Crippen molar-refractivity contribution in [2.45, 2.75) is 26.2 Å². The van der Waals surface area contributed by atoms with E-state index in [-0.39, 0.29) is 11.7 Å². The summed E-state index contributed by atoms with van der Waals surface area (Å²) in [7, 11) is 0. The second-order valence-corrected chi connectivity index (χ2v) is 4.81. The minimum absolute atomic E-state index is 0.00812. The number of Topliss-reactive ketones (excluding diaryl/α,β-unsaturated/α-hetero) is 1. The lowest BCUT2D eigenvalue weighted by Crippen LogP contribution is -2.18. The fourth-order valence-corrected chi connectivity index (χ4v) is 2.28. The molecule has 1 atom stereocenters. The van der Waals surface area contributed by atoms with Crippen LogP contribution < -0.4 is 5.11 Å². The number of nitro groups is 1. The first-order valence-electron chi connectivity index (χ1n) is 6.19. The number of carbonyl (C=O) groups is 1. The normalized spacial score (nSPS) is 21.6. The van der Waals surface area contributed by atoms with Gasteiger partial charge in [-0.15, -0.1) is 0 Å². The molecule has 0 spiro atoms. The first-order valence-corrected chi connectivity index (χ1v) is 6.19. The summed E-state index contributed by atoms with van der Waals surface area (Å²) in [6.07, 6.45) is 4.18. The maximum absolute atomic E-state index is 12.0. The molecule has 1 aliphatic carbocycles. The molecule has 0 bridgehead atoms. The third-order valence-electron chi connectivity index (χ3n) is 3.37. The van der Waals surface area contributed by atoms with Crippen molar-refractivity contribution in [2.24, 2.45) is 5.92 Å². The van der Waals surface area contributed by atoms with Crippen molar-refractivity contribution in [3.8, 4) is 5.75 Å². The maximum atomic E-state index is 12.0. The van der Waals surface area contributed by atoms with Crippen LogP contribution in [0, 0.1) is 16.0 Å². The highest BCUT2D eigenvalue weighted by Gasteiger charge is 2.22. The van der Waals surface area contributed by atoms with Crippen LogP contribution in [-0.4, -0.2) is 10.7 Å². The lowest BCUT2D eigenvalue weighted by atomic mass is 9.84. The lowest BCUT2D eigenvalue weighted by Gasteiger charge is -2.19. The Morgan fingerprint density at radius 3 is 2.84 bits per heavy atom. The zero-order valence-corrected chi connectivity index (χ0v) is 10.6. The molecule has 5 heteroatoms. The molecular weight excluding hydrogens is 246 g/mol. The van der Waals surface area contributed by atoms with Gasteiger partial charge in [-0.1, -0.05) is 19.1 Å². The average Bonchev–Trinajstić information content (AvgIpc) is 2.37. The van der Waals surface area contributed by atoms with E-state index in [1.165, 1.54) is 18.2 Å². The van der Waals surface area contributed by atoms with E-state index in [0.29, 0.717) is 17.6 Å². The molecule has 1 saturated carbocycles.